The van der Waals surface area contributed by atoms with E-state index in [1.807, 2.05) is 36.4 Å². The van der Waals surface area contributed by atoms with Crippen LogP contribution < -0.4 is 5.73 Å². The van der Waals surface area contributed by atoms with E-state index in [1.165, 1.54) is 0 Å². The number of aromatic nitrogens is 4. The van der Waals surface area contributed by atoms with E-state index in [0.717, 1.165) is 89.4 Å². The third-order valence-corrected chi connectivity index (χ3v) is 9.07. The van der Waals surface area contributed by atoms with Crippen molar-refractivity contribution in [2.75, 3.05) is 5.73 Å². The van der Waals surface area contributed by atoms with Crippen molar-refractivity contribution in [3.05, 3.63) is 162 Å². The smallest absolute Gasteiger partial charge is 0.0737 e. The number of anilines is 1. The van der Waals surface area contributed by atoms with Crippen molar-refractivity contribution in [2.45, 2.75) is 0 Å². The van der Waals surface area contributed by atoms with E-state index < -0.39 is 0 Å². The Kier molecular flexibility index (Phi) is 6.87. The zero-order valence-electron chi connectivity index (χ0n) is 26.6. The molecule has 232 valence electrons. The molecule has 49 heavy (non-hydrogen) atoms. The highest BCUT2D eigenvalue weighted by Crippen LogP contribution is 2.39. The highest BCUT2D eigenvalue weighted by molar-refractivity contribution is 6.01. The van der Waals surface area contributed by atoms with Gasteiger partial charge < -0.3 is 15.7 Å². The Bertz CT molecular complexity index is 2590. The summed E-state index contributed by atoms with van der Waals surface area (Å²) in [6.45, 7) is 0. The summed E-state index contributed by atoms with van der Waals surface area (Å²) >= 11 is 0. The van der Waals surface area contributed by atoms with E-state index in [-0.39, 0.29) is 0 Å². The van der Waals surface area contributed by atoms with Gasteiger partial charge in [-0.1, -0.05) is 103 Å². The van der Waals surface area contributed by atoms with Crippen LogP contribution in [0.5, 0.6) is 0 Å². The monoisotopic (exact) mass is 629 g/mol. The number of rotatable bonds is 4. The van der Waals surface area contributed by atoms with Gasteiger partial charge in [0.15, 0.2) is 0 Å². The summed E-state index contributed by atoms with van der Waals surface area (Å²) in [4.78, 5) is 18.1. The fraction of sp³-hybridized carbons (Fsp3) is 0. The van der Waals surface area contributed by atoms with Crippen LogP contribution in [0.4, 0.5) is 5.69 Å². The van der Waals surface area contributed by atoms with Crippen LogP contribution in [-0.4, -0.2) is 19.9 Å². The number of hydrogen-bond acceptors (Lipinski definition) is 3. The normalized spacial score (nSPS) is 12.0. The summed E-state index contributed by atoms with van der Waals surface area (Å²) in [7, 11) is 0. The predicted octanol–water partition coefficient (Wildman–Crippen LogP) is 10.9. The fourth-order valence-corrected chi connectivity index (χ4v) is 6.89. The molecule has 7 aromatic rings. The summed E-state index contributed by atoms with van der Waals surface area (Å²) in [6.07, 6.45) is 8.43. The van der Waals surface area contributed by atoms with Crippen molar-refractivity contribution in [3.8, 4) is 44.5 Å². The van der Waals surface area contributed by atoms with Crippen LogP contribution in [-0.2, 0) is 0 Å². The first-order chi connectivity index (χ1) is 24.2. The Morgan fingerprint density at radius 1 is 0.429 bits per heavy atom. The molecule has 5 heteroatoms. The Balaban J connectivity index is 1.48. The molecule has 0 radical (unpaired) electrons. The van der Waals surface area contributed by atoms with E-state index in [4.69, 9.17) is 15.7 Å². The van der Waals surface area contributed by atoms with Crippen LogP contribution in [0, 0.1) is 0 Å². The Hall–Kier alpha value is -6.72. The molecule has 5 nitrogen and oxygen atoms in total. The average molecular weight is 630 g/mol. The van der Waals surface area contributed by atoms with E-state index >= 15 is 0 Å². The molecule has 0 atom stereocenters. The van der Waals surface area contributed by atoms with Crippen molar-refractivity contribution in [3.63, 3.8) is 0 Å². The molecule has 0 aliphatic carbocycles. The summed E-state index contributed by atoms with van der Waals surface area (Å²) in [5.74, 6) is 0. The quantitative estimate of drug-likeness (QED) is 0.169. The van der Waals surface area contributed by atoms with Crippen LogP contribution >= 0.6 is 0 Å². The molecule has 4 aromatic carbocycles. The van der Waals surface area contributed by atoms with E-state index in [0.29, 0.717) is 5.69 Å². The molecular formula is C44H31N5. The van der Waals surface area contributed by atoms with Crippen molar-refractivity contribution < 1.29 is 0 Å². The minimum atomic E-state index is 0.710. The lowest BCUT2D eigenvalue weighted by Gasteiger charge is -2.08. The van der Waals surface area contributed by atoms with Gasteiger partial charge in [0.05, 0.1) is 28.3 Å². The van der Waals surface area contributed by atoms with Gasteiger partial charge in [-0.3, -0.25) is 0 Å². The second-order valence-electron chi connectivity index (χ2n) is 12.3. The molecule has 2 aliphatic heterocycles. The zero-order valence-corrected chi connectivity index (χ0v) is 26.6. The molecular weight excluding hydrogens is 599 g/mol. The van der Waals surface area contributed by atoms with Crippen LogP contribution in [0.1, 0.15) is 22.8 Å². The van der Waals surface area contributed by atoms with E-state index in [1.54, 1.807) is 0 Å². The third-order valence-electron chi connectivity index (χ3n) is 9.07. The number of aromatic amines is 2. The summed E-state index contributed by atoms with van der Waals surface area (Å²) in [5.41, 5.74) is 22.8. The number of hydrogen-bond donors (Lipinski definition) is 3. The topological polar surface area (TPSA) is 83.4 Å². The molecule has 0 saturated heterocycles. The van der Waals surface area contributed by atoms with Crippen molar-refractivity contribution in [1.82, 2.24) is 19.9 Å². The highest BCUT2D eigenvalue weighted by Gasteiger charge is 2.18. The summed E-state index contributed by atoms with van der Waals surface area (Å²) < 4.78 is 0. The molecule has 3 aromatic heterocycles. The van der Waals surface area contributed by atoms with Gasteiger partial charge in [-0.2, -0.15) is 0 Å². The number of H-pyrrole nitrogens is 2. The minimum Gasteiger partial charge on any atom is -0.399 e. The van der Waals surface area contributed by atoms with Crippen LogP contribution in [0.3, 0.4) is 0 Å². The number of nitrogens with zero attached hydrogens (tertiary/aromatic N) is 2. The van der Waals surface area contributed by atoms with Crippen molar-refractivity contribution in [1.29, 1.82) is 0 Å². The lowest BCUT2D eigenvalue weighted by atomic mass is 9.98. The molecule has 0 amide bonds. The maximum absolute atomic E-state index is 6.33. The first-order valence-electron chi connectivity index (χ1n) is 16.4. The van der Waals surface area contributed by atoms with Crippen LogP contribution in [0.15, 0.2) is 140 Å². The Labute approximate surface area is 283 Å². The van der Waals surface area contributed by atoms with E-state index in [2.05, 4.69) is 137 Å². The van der Waals surface area contributed by atoms with Crippen molar-refractivity contribution >= 4 is 52.1 Å². The maximum Gasteiger partial charge on any atom is 0.0737 e. The summed E-state index contributed by atoms with van der Waals surface area (Å²) in [5, 5.41) is 0. The fourth-order valence-electron chi connectivity index (χ4n) is 6.89. The van der Waals surface area contributed by atoms with Gasteiger partial charge in [-0.25, -0.2) is 9.97 Å². The minimum absolute atomic E-state index is 0.710. The molecule has 0 saturated carbocycles. The maximum atomic E-state index is 6.33. The average Bonchev–Trinajstić information content (AvgIpc) is 3.97. The van der Waals surface area contributed by atoms with Gasteiger partial charge in [0.2, 0.25) is 0 Å². The number of fused-ring (bicyclic) bond motifs is 8. The lowest BCUT2D eigenvalue weighted by Crippen LogP contribution is -1.89. The van der Waals surface area contributed by atoms with Crippen molar-refractivity contribution in [2.24, 2.45) is 0 Å². The second-order valence-corrected chi connectivity index (χ2v) is 12.3. The number of nitrogens with one attached hydrogen (secondary N) is 2. The number of benzene rings is 4. The third kappa shape index (κ3) is 5.24. The Morgan fingerprint density at radius 2 is 0.959 bits per heavy atom. The van der Waals surface area contributed by atoms with E-state index in [9.17, 15) is 0 Å². The highest BCUT2D eigenvalue weighted by atomic mass is 14.8. The van der Waals surface area contributed by atoms with Crippen LogP contribution in [0.2, 0.25) is 0 Å². The molecule has 2 aliphatic rings. The molecule has 9 rings (SSSR count). The molecule has 0 spiro atoms. The molecule has 5 heterocycles. The predicted molar refractivity (Wildman–Crippen MR) is 205 cm³/mol. The lowest BCUT2D eigenvalue weighted by molar-refractivity contribution is 1.31. The first-order valence-corrected chi connectivity index (χ1v) is 16.4. The SMILES string of the molecule is Nc1cccc(-c2cc3cc4nc(c(-c5ccccc5)c5ccc([nH]5)c(-c5ccccc5)c5nc(c(-c6ccccc6)c2[nH]3)C=C5)C=C4)c1. The summed E-state index contributed by atoms with van der Waals surface area (Å²) in [6, 6.07) is 48.0. The van der Waals surface area contributed by atoms with Gasteiger partial charge in [0.1, 0.15) is 0 Å². The number of nitrogens with two attached hydrogens (primary N) is 1. The number of nitrogen functional groups attached to an aromatic ring is 1. The largest absolute Gasteiger partial charge is 0.399 e. The van der Waals surface area contributed by atoms with Crippen LogP contribution in [0.25, 0.3) is 90.9 Å². The second kappa shape index (κ2) is 11.8. The standard InChI is InChI=1S/C44H31N5/c45-32-18-10-17-31(25-32)35-27-34-26-33-19-20-36(46-33)41(28-11-4-1-5-12-28)37-21-22-38(48-37)42(29-13-6-2-7-14-29)39-23-24-40(49-39)43(44(35)47-34)30-15-8-3-9-16-30/h1-27,47-48H,45H2. The van der Waals surface area contributed by atoms with Gasteiger partial charge in [0.25, 0.3) is 0 Å². The van der Waals surface area contributed by atoms with Gasteiger partial charge >= 0.3 is 0 Å². The first kappa shape index (κ1) is 28.5. The molecule has 0 unspecified atom stereocenters. The zero-order chi connectivity index (χ0) is 32.7. The molecule has 4 N–H and O–H groups in total. The van der Waals surface area contributed by atoms with Gasteiger partial charge in [-0.15, -0.1) is 0 Å². The molecule has 0 fully saturated rings. The Morgan fingerprint density at radius 3 is 1.57 bits per heavy atom. The van der Waals surface area contributed by atoms with Gasteiger partial charge in [-0.05, 0) is 83.0 Å². The molecule has 8 bridgehead atoms. The van der Waals surface area contributed by atoms with Gasteiger partial charge in [0, 0.05) is 44.5 Å².